The Hall–Kier alpha value is -2.23. The van der Waals surface area contributed by atoms with Gasteiger partial charge in [0.25, 0.3) is 5.91 Å². The quantitative estimate of drug-likeness (QED) is 0.747. The first-order chi connectivity index (χ1) is 11.7. The maximum atomic E-state index is 13.1. The highest BCUT2D eigenvalue weighted by Gasteiger charge is 2.56. The summed E-state index contributed by atoms with van der Waals surface area (Å²) in [6.07, 6.45) is 4.72. The molecule has 3 atom stereocenters. The van der Waals surface area contributed by atoms with E-state index in [0.29, 0.717) is 12.0 Å². The number of allylic oxidation sites excluding steroid dienone is 1. The van der Waals surface area contributed by atoms with Gasteiger partial charge in [-0.15, -0.1) is 0 Å². The number of carbonyl (C=O) groups is 3. The molecule has 2 amide bonds. The zero-order chi connectivity index (χ0) is 16.4. The average Bonchev–Trinajstić information content (AvgIpc) is 2.88. The smallest absolute Gasteiger partial charge is 0.257 e. The SMILES string of the molecule is O=C1CC2=C3C(=O)N(C4CCCc5ccccc54)C(=O)C3C1CC2. The summed E-state index contributed by atoms with van der Waals surface area (Å²) < 4.78 is 0. The Morgan fingerprint density at radius 2 is 1.83 bits per heavy atom. The molecule has 0 spiro atoms. The van der Waals surface area contributed by atoms with Crippen LogP contribution in [0, 0.1) is 11.8 Å². The average molecular weight is 321 g/mol. The minimum absolute atomic E-state index is 0.126. The standard InChI is InChI=1S/C20H19NO3/c22-16-10-12-8-9-14(16)18-17(12)19(23)21(20(18)24)15-7-3-5-11-4-1-2-6-13(11)15/h1-2,4,6,14-15,18H,3,5,7-10H2. The van der Waals surface area contributed by atoms with Gasteiger partial charge in [-0.2, -0.15) is 0 Å². The van der Waals surface area contributed by atoms with E-state index < -0.39 is 5.92 Å². The number of ketones is 1. The van der Waals surface area contributed by atoms with Crippen LogP contribution in [0.25, 0.3) is 0 Å². The monoisotopic (exact) mass is 321 g/mol. The lowest BCUT2D eigenvalue weighted by Gasteiger charge is -2.34. The molecule has 0 aromatic heterocycles. The van der Waals surface area contributed by atoms with Crippen molar-refractivity contribution in [3.8, 4) is 0 Å². The van der Waals surface area contributed by atoms with Crippen LogP contribution in [-0.2, 0) is 20.8 Å². The lowest BCUT2D eigenvalue weighted by Crippen LogP contribution is -2.39. The summed E-state index contributed by atoms with van der Waals surface area (Å²) in [5, 5.41) is 0. The van der Waals surface area contributed by atoms with Gasteiger partial charge in [0.05, 0.1) is 12.0 Å². The van der Waals surface area contributed by atoms with Gasteiger partial charge in [0.15, 0.2) is 0 Å². The number of benzene rings is 1. The summed E-state index contributed by atoms with van der Waals surface area (Å²) in [4.78, 5) is 39.9. The molecular formula is C20H19NO3. The molecule has 24 heavy (non-hydrogen) atoms. The van der Waals surface area contributed by atoms with Crippen LogP contribution in [0.15, 0.2) is 35.4 Å². The Bertz CT molecular complexity index is 822. The molecule has 122 valence electrons. The molecule has 3 unspecified atom stereocenters. The Labute approximate surface area is 140 Å². The number of hydrogen-bond acceptors (Lipinski definition) is 3. The van der Waals surface area contributed by atoms with E-state index in [2.05, 4.69) is 6.07 Å². The normalized spacial score (nSPS) is 31.6. The van der Waals surface area contributed by atoms with Crippen LogP contribution in [0.3, 0.4) is 0 Å². The Balaban J connectivity index is 1.60. The van der Waals surface area contributed by atoms with E-state index in [4.69, 9.17) is 0 Å². The first-order valence-electron chi connectivity index (χ1n) is 8.86. The zero-order valence-electron chi connectivity index (χ0n) is 13.5. The van der Waals surface area contributed by atoms with E-state index in [1.807, 2.05) is 18.2 Å². The fourth-order valence-electron chi connectivity index (χ4n) is 5.18. The second-order valence-electron chi connectivity index (χ2n) is 7.40. The third-order valence-corrected chi connectivity index (χ3v) is 6.25. The minimum atomic E-state index is -0.489. The van der Waals surface area contributed by atoms with E-state index in [1.54, 1.807) is 0 Å². The van der Waals surface area contributed by atoms with Gasteiger partial charge in [0.1, 0.15) is 5.78 Å². The lowest BCUT2D eigenvalue weighted by molar-refractivity contribution is -0.144. The number of aryl methyl sites for hydroxylation is 1. The fraction of sp³-hybridized carbons (Fsp3) is 0.450. The van der Waals surface area contributed by atoms with Gasteiger partial charge in [-0.3, -0.25) is 19.3 Å². The number of imide groups is 1. The number of Topliss-reactive ketones (excluding diaryl/α,β-unsaturated/α-hetero) is 1. The lowest BCUT2D eigenvalue weighted by atomic mass is 9.67. The molecule has 2 bridgehead atoms. The van der Waals surface area contributed by atoms with E-state index in [-0.39, 0.29) is 29.6 Å². The molecule has 4 aliphatic carbocycles. The fourth-order valence-corrected chi connectivity index (χ4v) is 5.18. The molecular weight excluding hydrogens is 302 g/mol. The van der Waals surface area contributed by atoms with Crippen molar-refractivity contribution in [2.75, 3.05) is 0 Å². The highest BCUT2D eigenvalue weighted by molar-refractivity contribution is 6.18. The van der Waals surface area contributed by atoms with Crippen LogP contribution in [0.5, 0.6) is 0 Å². The van der Waals surface area contributed by atoms with Crippen LogP contribution < -0.4 is 0 Å². The van der Waals surface area contributed by atoms with E-state index in [0.717, 1.165) is 43.2 Å². The van der Waals surface area contributed by atoms with Crippen LogP contribution in [-0.4, -0.2) is 22.5 Å². The van der Waals surface area contributed by atoms with Crippen molar-refractivity contribution >= 4 is 17.6 Å². The van der Waals surface area contributed by atoms with Crippen molar-refractivity contribution in [3.05, 3.63) is 46.5 Å². The van der Waals surface area contributed by atoms with Crippen LogP contribution in [0.1, 0.15) is 49.3 Å². The molecule has 1 aliphatic heterocycles. The zero-order valence-corrected chi connectivity index (χ0v) is 13.5. The summed E-state index contributed by atoms with van der Waals surface area (Å²) in [7, 11) is 0. The van der Waals surface area contributed by atoms with Crippen LogP contribution in [0.2, 0.25) is 0 Å². The summed E-state index contributed by atoms with van der Waals surface area (Å²) in [5.74, 6) is -0.864. The van der Waals surface area contributed by atoms with Crippen molar-refractivity contribution in [1.29, 1.82) is 0 Å². The van der Waals surface area contributed by atoms with Gasteiger partial charge in [-0.25, -0.2) is 0 Å². The van der Waals surface area contributed by atoms with E-state index in [9.17, 15) is 14.4 Å². The molecule has 0 radical (unpaired) electrons. The first-order valence-corrected chi connectivity index (χ1v) is 8.86. The number of rotatable bonds is 1. The van der Waals surface area contributed by atoms with Gasteiger partial charge in [-0.05, 0) is 43.2 Å². The third-order valence-electron chi connectivity index (χ3n) is 6.25. The third kappa shape index (κ3) is 1.71. The summed E-state index contributed by atoms with van der Waals surface area (Å²) in [5.41, 5.74) is 3.94. The highest BCUT2D eigenvalue weighted by atomic mass is 16.2. The van der Waals surface area contributed by atoms with Gasteiger partial charge in [-0.1, -0.05) is 29.8 Å². The van der Waals surface area contributed by atoms with Crippen molar-refractivity contribution in [3.63, 3.8) is 0 Å². The van der Waals surface area contributed by atoms with Crippen LogP contribution >= 0.6 is 0 Å². The van der Waals surface area contributed by atoms with E-state index >= 15 is 0 Å². The first kappa shape index (κ1) is 14.1. The molecule has 5 aliphatic rings. The molecule has 1 heterocycles. The highest BCUT2D eigenvalue weighted by Crippen LogP contribution is 2.50. The molecule has 6 rings (SSSR count). The van der Waals surface area contributed by atoms with Gasteiger partial charge < -0.3 is 0 Å². The van der Waals surface area contributed by atoms with Gasteiger partial charge >= 0.3 is 0 Å². The van der Waals surface area contributed by atoms with Crippen LogP contribution in [0.4, 0.5) is 0 Å². The second-order valence-corrected chi connectivity index (χ2v) is 7.40. The molecule has 0 N–H and O–H groups in total. The number of nitrogens with zero attached hydrogens (tertiary/aromatic N) is 1. The molecule has 1 saturated heterocycles. The Morgan fingerprint density at radius 1 is 1.00 bits per heavy atom. The topological polar surface area (TPSA) is 54.5 Å². The van der Waals surface area contributed by atoms with Gasteiger partial charge in [0, 0.05) is 17.9 Å². The largest absolute Gasteiger partial charge is 0.299 e. The summed E-state index contributed by atoms with van der Waals surface area (Å²) >= 11 is 0. The Morgan fingerprint density at radius 3 is 2.67 bits per heavy atom. The van der Waals surface area contributed by atoms with Crippen molar-refractivity contribution in [1.82, 2.24) is 4.90 Å². The van der Waals surface area contributed by atoms with E-state index in [1.165, 1.54) is 10.5 Å². The number of fused-ring (bicyclic) bond motifs is 3. The molecule has 1 aromatic rings. The predicted octanol–water partition coefficient (Wildman–Crippen LogP) is 2.73. The Kier molecular flexibility index (Phi) is 2.88. The molecule has 4 nitrogen and oxygen atoms in total. The predicted molar refractivity (Wildman–Crippen MR) is 86.8 cm³/mol. The van der Waals surface area contributed by atoms with Crippen molar-refractivity contribution in [2.24, 2.45) is 11.8 Å². The molecule has 1 aromatic carbocycles. The number of carbonyl (C=O) groups excluding carboxylic acids is 3. The van der Waals surface area contributed by atoms with Crippen molar-refractivity contribution in [2.45, 2.75) is 44.6 Å². The summed E-state index contributed by atoms with van der Waals surface area (Å²) in [6, 6.07) is 7.96. The number of likely N-dealkylation sites (tertiary alicyclic amines) is 1. The second kappa shape index (κ2) is 4.88. The maximum absolute atomic E-state index is 13.1. The van der Waals surface area contributed by atoms with Gasteiger partial charge in [0.2, 0.25) is 5.91 Å². The van der Waals surface area contributed by atoms with Crippen molar-refractivity contribution < 1.29 is 14.4 Å². The summed E-state index contributed by atoms with van der Waals surface area (Å²) in [6.45, 7) is 0. The molecule has 1 saturated carbocycles. The minimum Gasteiger partial charge on any atom is -0.299 e. The number of hydrogen-bond donors (Lipinski definition) is 0. The molecule has 4 heteroatoms. The molecule has 2 fully saturated rings. The maximum Gasteiger partial charge on any atom is 0.257 e. The number of amides is 2.